The number of hydrogen-bond acceptors (Lipinski definition) is 8. The van der Waals surface area contributed by atoms with Gasteiger partial charge >= 0.3 is 0 Å². The summed E-state index contributed by atoms with van der Waals surface area (Å²) < 4.78 is 24.1. The highest BCUT2D eigenvalue weighted by molar-refractivity contribution is 7.90. The van der Waals surface area contributed by atoms with Crippen LogP contribution >= 0.6 is 11.3 Å². The Hall–Kier alpha value is -1.58. The van der Waals surface area contributed by atoms with Gasteiger partial charge in [0, 0.05) is 37.1 Å². The van der Waals surface area contributed by atoms with Crippen molar-refractivity contribution >= 4 is 27.1 Å². The first-order chi connectivity index (χ1) is 11.5. The Labute approximate surface area is 145 Å². The normalized spacial score (nSPS) is 18.5. The molecule has 1 fully saturated rings. The van der Waals surface area contributed by atoms with Gasteiger partial charge in [0.25, 0.3) is 0 Å². The molecule has 1 aliphatic heterocycles. The van der Waals surface area contributed by atoms with Crippen molar-refractivity contribution in [1.29, 1.82) is 0 Å². The summed E-state index contributed by atoms with van der Waals surface area (Å²) in [6, 6.07) is 0. The maximum absolute atomic E-state index is 12.0. The fourth-order valence-corrected chi connectivity index (χ4v) is 4.23. The zero-order valence-corrected chi connectivity index (χ0v) is 15.2. The predicted octanol–water partition coefficient (Wildman–Crippen LogP) is 1.46. The van der Waals surface area contributed by atoms with Gasteiger partial charge in [-0.25, -0.2) is 23.4 Å². The first-order valence-electron chi connectivity index (χ1n) is 7.92. The predicted molar refractivity (Wildman–Crippen MR) is 94.3 cm³/mol. The van der Waals surface area contributed by atoms with E-state index in [0.717, 1.165) is 38.0 Å². The van der Waals surface area contributed by atoms with Crippen molar-refractivity contribution in [3.05, 3.63) is 28.5 Å². The number of anilines is 1. The molecule has 1 aliphatic rings. The quantitative estimate of drug-likeness (QED) is 0.798. The van der Waals surface area contributed by atoms with E-state index in [-0.39, 0.29) is 10.8 Å². The van der Waals surface area contributed by atoms with E-state index in [1.165, 1.54) is 12.5 Å². The van der Waals surface area contributed by atoms with Gasteiger partial charge in [-0.2, -0.15) is 0 Å². The Balaban J connectivity index is 1.78. The Morgan fingerprint density at radius 2 is 2.29 bits per heavy atom. The van der Waals surface area contributed by atoms with Gasteiger partial charge in [-0.3, -0.25) is 0 Å². The molecule has 0 aliphatic carbocycles. The van der Waals surface area contributed by atoms with E-state index in [1.807, 2.05) is 5.38 Å². The molecule has 2 aromatic rings. The van der Waals surface area contributed by atoms with Crippen LogP contribution in [0.1, 0.15) is 30.1 Å². The standard InChI is InChI=1S/C15H21N5O2S2/c1-24(21,22)13-8-18-15(17-6-4-12-9-23-10-19-12)20-14(13)11-3-2-5-16-7-11/h8-11,16H,2-7H2,1H3,(H,17,18,20). The molecule has 24 heavy (non-hydrogen) atoms. The molecule has 2 aromatic heterocycles. The highest BCUT2D eigenvalue weighted by Gasteiger charge is 2.25. The fourth-order valence-electron chi connectivity index (χ4n) is 2.80. The summed E-state index contributed by atoms with van der Waals surface area (Å²) in [7, 11) is -3.34. The molecule has 7 nitrogen and oxygen atoms in total. The zero-order valence-electron chi connectivity index (χ0n) is 13.5. The number of aromatic nitrogens is 3. The van der Waals surface area contributed by atoms with Crippen LogP contribution in [0.25, 0.3) is 0 Å². The van der Waals surface area contributed by atoms with Crippen LogP contribution in [0.15, 0.2) is 22.0 Å². The summed E-state index contributed by atoms with van der Waals surface area (Å²) in [5.41, 5.74) is 3.45. The van der Waals surface area contributed by atoms with Crippen LogP contribution in [0, 0.1) is 0 Å². The van der Waals surface area contributed by atoms with Gasteiger partial charge in [0.05, 0.1) is 23.1 Å². The smallest absolute Gasteiger partial charge is 0.222 e. The zero-order chi connectivity index (χ0) is 17.0. The summed E-state index contributed by atoms with van der Waals surface area (Å²) >= 11 is 1.57. The molecule has 130 valence electrons. The van der Waals surface area contributed by atoms with Crippen LogP contribution in [0.5, 0.6) is 0 Å². The molecule has 0 radical (unpaired) electrons. The molecule has 0 saturated carbocycles. The monoisotopic (exact) mass is 367 g/mol. The summed E-state index contributed by atoms with van der Waals surface area (Å²) in [4.78, 5) is 13.2. The molecule has 0 amide bonds. The van der Waals surface area contributed by atoms with Gasteiger partial charge in [-0.05, 0) is 19.4 Å². The maximum Gasteiger partial charge on any atom is 0.222 e. The Kier molecular flexibility index (Phi) is 5.42. The van der Waals surface area contributed by atoms with Crippen molar-refractivity contribution < 1.29 is 8.42 Å². The topological polar surface area (TPSA) is 96.9 Å². The summed E-state index contributed by atoms with van der Waals surface area (Å²) in [6.07, 6.45) is 5.37. The second-order valence-corrected chi connectivity index (χ2v) is 8.62. The number of hydrogen-bond donors (Lipinski definition) is 2. The van der Waals surface area contributed by atoms with E-state index in [1.54, 1.807) is 16.8 Å². The van der Waals surface area contributed by atoms with Gasteiger partial charge in [0.15, 0.2) is 9.84 Å². The number of rotatable bonds is 6. The molecule has 0 aromatic carbocycles. The van der Waals surface area contributed by atoms with Gasteiger partial charge < -0.3 is 10.6 Å². The average Bonchev–Trinajstić information content (AvgIpc) is 3.08. The first kappa shape index (κ1) is 17.2. The number of thiazole rings is 1. The fraction of sp³-hybridized carbons (Fsp3) is 0.533. The second kappa shape index (κ2) is 7.54. The van der Waals surface area contributed by atoms with Crippen molar-refractivity contribution in [3.63, 3.8) is 0 Å². The summed E-state index contributed by atoms with van der Waals surface area (Å²) in [6.45, 7) is 2.37. The van der Waals surface area contributed by atoms with E-state index >= 15 is 0 Å². The lowest BCUT2D eigenvalue weighted by atomic mass is 9.96. The number of nitrogens with one attached hydrogen (secondary N) is 2. The van der Waals surface area contributed by atoms with Gasteiger partial charge in [0.2, 0.25) is 5.95 Å². The lowest BCUT2D eigenvalue weighted by Crippen LogP contribution is -2.30. The van der Waals surface area contributed by atoms with E-state index in [4.69, 9.17) is 0 Å². The van der Waals surface area contributed by atoms with Crippen LogP contribution in [0.4, 0.5) is 5.95 Å². The van der Waals surface area contributed by atoms with Crippen LogP contribution in [0.2, 0.25) is 0 Å². The SMILES string of the molecule is CS(=O)(=O)c1cnc(NCCc2cscn2)nc1C1CCCNC1. The number of sulfone groups is 1. The molecule has 1 atom stereocenters. The van der Waals surface area contributed by atoms with Crippen LogP contribution in [-0.4, -0.2) is 49.3 Å². The minimum atomic E-state index is -3.34. The third kappa shape index (κ3) is 4.28. The van der Waals surface area contributed by atoms with Crippen molar-refractivity contribution in [2.75, 3.05) is 31.2 Å². The lowest BCUT2D eigenvalue weighted by molar-refractivity contribution is 0.448. The number of nitrogens with zero attached hydrogens (tertiary/aromatic N) is 3. The molecule has 3 heterocycles. The van der Waals surface area contributed by atoms with Crippen molar-refractivity contribution in [1.82, 2.24) is 20.3 Å². The van der Waals surface area contributed by atoms with Crippen molar-refractivity contribution in [3.8, 4) is 0 Å². The Morgan fingerprint density at radius 3 is 2.96 bits per heavy atom. The molecule has 0 bridgehead atoms. The minimum Gasteiger partial charge on any atom is -0.354 e. The maximum atomic E-state index is 12.0. The molecule has 1 saturated heterocycles. The van der Waals surface area contributed by atoms with Gasteiger partial charge in [0.1, 0.15) is 4.90 Å². The van der Waals surface area contributed by atoms with E-state index in [0.29, 0.717) is 18.2 Å². The lowest BCUT2D eigenvalue weighted by Gasteiger charge is -2.24. The molecule has 2 N–H and O–H groups in total. The number of piperidine rings is 1. The van der Waals surface area contributed by atoms with Gasteiger partial charge in [-0.15, -0.1) is 11.3 Å². The third-order valence-corrected chi connectivity index (χ3v) is 5.76. The molecule has 1 unspecified atom stereocenters. The highest BCUT2D eigenvalue weighted by Crippen LogP contribution is 2.27. The van der Waals surface area contributed by atoms with Crippen LogP contribution < -0.4 is 10.6 Å². The summed E-state index contributed by atoms with van der Waals surface area (Å²) in [5, 5.41) is 8.49. The van der Waals surface area contributed by atoms with E-state index < -0.39 is 9.84 Å². The van der Waals surface area contributed by atoms with E-state index in [9.17, 15) is 8.42 Å². The minimum absolute atomic E-state index is 0.102. The second-order valence-electron chi connectivity index (χ2n) is 5.92. The van der Waals surface area contributed by atoms with Crippen LogP contribution in [0.3, 0.4) is 0 Å². The first-order valence-corrected chi connectivity index (χ1v) is 10.8. The molecular weight excluding hydrogens is 346 g/mol. The summed E-state index contributed by atoms with van der Waals surface area (Å²) in [5.74, 6) is 0.573. The third-order valence-electron chi connectivity index (χ3n) is 4.01. The molecule has 0 spiro atoms. The average molecular weight is 368 g/mol. The Morgan fingerprint density at radius 1 is 1.42 bits per heavy atom. The van der Waals surface area contributed by atoms with Crippen LogP contribution in [-0.2, 0) is 16.3 Å². The largest absolute Gasteiger partial charge is 0.354 e. The van der Waals surface area contributed by atoms with Crippen molar-refractivity contribution in [2.24, 2.45) is 0 Å². The molecular formula is C15H21N5O2S2. The van der Waals surface area contributed by atoms with Gasteiger partial charge in [-0.1, -0.05) is 0 Å². The molecule has 9 heteroatoms. The molecule has 3 rings (SSSR count). The highest BCUT2D eigenvalue weighted by atomic mass is 32.2. The Bertz CT molecular complexity index is 771. The van der Waals surface area contributed by atoms with Crippen molar-refractivity contribution in [2.45, 2.75) is 30.1 Å². The van der Waals surface area contributed by atoms with E-state index in [2.05, 4.69) is 25.6 Å².